The van der Waals surface area contributed by atoms with Crippen LogP contribution >= 0.6 is 0 Å². The van der Waals surface area contributed by atoms with Gasteiger partial charge in [-0.2, -0.15) is 4.58 Å². The van der Waals surface area contributed by atoms with Gasteiger partial charge in [0.25, 0.3) is 0 Å². The van der Waals surface area contributed by atoms with E-state index in [2.05, 4.69) is 4.58 Å². The summed E-state index contributed by atoms with van der Waals surface area (Å²) < 4.78 is 3.97. The molecule has 0 heterocycles. The average Bonchev–Trinajstić information content (AvgIpc) is 3.06. The highest BCUT2D eigenvalue weighted by atomic mass is 17.1. The van der Waals surface area contributed by atoms with Crippen LogP contribution in [0.5, 0.6) is 0 Å². The molecule has 0 aromatic heterocycles. The molecular weight excluding hydrogens is 276 g/mol. The van der Waals surface area contributed by atoms with Crippen LogP contribution in [-0.2, 0) is 5.41 Å². The summed E-state index contributed by atoms with van der Waals surface area (Å²) in [6.07, 6.45) is 4.85. The number of hydrogen-bond donors (Lipinski definition) is 0. The van der Waals surface area contributed by atoms with Crippen LogP contribution in [0.3, 0.4) is 0 Å². The topological polar surface area (TPSA) is 51.4 Å². The van der Waals surface area contributed by atoms with E-state index in [0.29, 0.717) is 5.56 Å². The Labute approximate surface area is 129 Å². The van der Waals surface area contributed by atoms with E-state index >= 15 is 0 Å². The zero-order valence-corrected chi connectivity index (χ0v) is 12.3. The van der Waals surface area contributed by atoms with E-state index in [1.54, 1.807) is 0 Å². The normalized spacial score (nSPS) is 16.9. The van der Waals surface area contributed by atoms with Crippen molar-refractivity contribution in [2.24, 2.45) is 0 Å². The smallest absolute Gasteiger partial charge is 0.349 e. The molecule has 1 saturated carbocycles. The number of hydrogen-bond acceptors (Lipinski definition) is 2. The highest BCUT2D eigenvalue weighted by Gasteiger charge is 2.44. The molecule has 22 heavy (non-hydrogen) atoms. The van der Waals surface area contributed by atoms with Crippen molar-refractivity contribution in [1.29, 1.82) is 0 Å². The molecule has 0 aliphatic heterocycles. The van der Waals surface area contributed by atoms with E-state index in [4.69, 9.17) is 0 Å². The number of benzene rings is 2. The molecule has 0 N–H and O–H groups in total. The van der Waals surface area contributed by atoms with Crippen molar-refractivity contribution in [3.05, 3.63) is 71.3 Å². The molecule has 3 heteroatoms. The summed E-state index contributed by atoms with van der Waals surface area (Å²) in [6.45, 7) is 0. The van der Waals surface area contributed by atoms with Crippen molar-refractivity contribution in [3.63, 3.8) is 0 Å². The van der Waals surface area contributed by atoms with Gasteiger partial charge in [-0.3, -0.25) is 4.79 Å². The first-order valence-corrected chi connectivity index (χ1v) is 7.59. The third-order valence-electron chi connectivity index (χ3n) is 4.58. The van der Waals surface area contributed by atoms with Gasteiger partial charge in [-0.05, 0) is 24.5 Å². The molecule has 0 atom stereocenters. The van der Waals surface area contributed by atoms with E-state index in [1.807, 2.05) is 54.6 Å². The maximum absolute atomic E-state index is 13.2. The second-order valence-electron chi connectivity index (χ2n) is 5.79. The highest BCUT2D eigenvalue weighted by molar-refractivity contribution is 6.05. The molecule has 112 valence electrons. The molecule has 0 amide bonds. The molecule has 2 aromatic rings. The number of aldehydes is 1. The summed E-state index contributed by atoms with van der Waals surface area (Å²) >= 11 is 0. The average molecular weight is 294 g/mol. The Hall–Kier alpha value is -2.42. The number of ketones is 1. The van der Waals surface area contributed by atoms with Gasteiger partial charge in [-0.1, -0.05) is 61.4 Å². The summed E-state index contributed by atoms with van der Waals surface area (Å²) in [6, 6.07) is 16.9. The summed E-state index contributed by atoms with van der Waals surface area (Å²) in [7, 11) is 0. The van der Waals surface area contributed by atoms with E-state index in [9.17, 15) is 10.1 Å². The zero-order valence-electron chi connectivity index (χ0n) is 12.3. The lowest BCUT2D eigenvalue weighted by atomic mass is 9.71. The fourth-order valence-electron chi connectivity index (χ4n) is 3.55. The van der Waals surface area contributed by atoms with E-state index in [-0.39, 0.29) is 5.78 Å². The quantitative estimate of drug-likeness (QED) is 0.286. The Morgan fingerprint density at radius 2 is 1.64 bits per heavy atom. The molecule has 1 aliphatic rings. The number of carbonyl (C=O) groups excluding carboxylic acids is 2. The van der Waals surface area contributed by atoms with Crippen molar-refractivity contribution in [2.75, 3.05) is 0 Å². The van der Waals surface area contributed by atoms with Crippen LogP contribution in [0.1, 0.15) is 51.7 Å². The van der Waals surface area contributed by atoms with Crippen molar-refractivity contribution < 1.29 is 14.6 Å². The van der Waals surface area contributed by atoms with Crippen LogP contribution < -0.4 is 5.26 Å². The standard InChI is InChI=1S/C19H18O3/c20-18(15-8-2-1-3-9-15)19(12-6-7-13-19)17-11-5-4-10-16(17)14-22-21/h1-5,8-11,14H,6-7,12-13H2. The molecule has 2 aromatic carbocycles. The molecule has 1 fully saturated rings. The first kappa shape index (κ1) is 14.5. The largest absolute Gasteiger partial charge is 0.463 e. The summed E-state index contributed by atoms with van der Waals surface area (Å²) in [5.41, 5.74) is 1.77. The predicted octanol–water partition coefficient (Wildman–Crippen LogP) is 3.00. The van der Waals surface area contributed by atoms with Crippen molar-refractivity contribution in [3.8, 4) is 0 Å². The molecule has 3 rings (SSSR count). The molecule has 0 spiro atoms. The van der Waals surface area contributed by atoms with E-state index in [0.717, 1.165) is 36.8 Å². The molecule has 1 aliphatic carbocycles. The van der Waals surface area contributed by atoms with Crippen molar-refractivity contribution in [2.45, 2.75) is 31.1 Å². The lowest BCUT2D eigenvalue weighted by Crippen LogP contribution is -2.34. The lowest BCUT2D eigenvalue weighted by Gasteiger charge is -2.29. The molecule has 0 bridgehead atoms. The van der Waals surface area contributed by atoms with Crippen LogP contribution in [0, 0.1) is 0 Å². The van der Waals surface area contributed by atoms with Gasteiger partial charge in [0.05, 0.1) is 11.0 Å². The minimum atomic E-state index is -0.549. The van der Waals surface area contributed by atoms with Gasteiger partial charge in [0.1, 0.15) is 0 Å². The summed E-state index contributed by atoms with van der Waals surface area (Å²) in [4.78, 5) is 13.2. The van der Waals surface area contributed by atoms with Gasteiger partial charge >= 0.3 is 6.29 Å². The minimum Gasteiger partial charge on any atom is -0.463 e. The number of Topliss-reactive ketones (excluding diaryl/α,β-unsaturated/α-hetero) is 1. The van der Waals surface area contributed by atoms with Gasteiger partial charge in [-0.25, -0.2) is 0 Å². The lowest BCUT2D eigenvalue weighted by molar-refractivity contribution is -0.935. The molecular formula is C19H18O3. The Morgan fingerprint density at radius 3 is 2.32 bits per heavy atom. The first-order valence-electron chi connectivity index (χ1n) is 7.59. The van der Waals surface area contributed by atoms with Gasteiger partial charge in [0.15, 0.2) is 5.78 Å². The summed E-state index contributed by atoms with van der Waals surface area (Å²) in [5.74, 6) is 0.136. The molecule has 0 radical (unpaired) electrons. The monoisotopic (exact) mass is 294 g/mol. The maximum Gasteiger partial charge on any atom is 0.349 e. The van der Waals surface area contributed by atoms with Crippen molar-refractivity contribution in [1.82, 2.24) is 0 Å². The van der Waals surface area contributed by atoms with Gasteiger partial charge < -0.3 is 5.26 Å². The van der Waals surface area contributed by atoms with Crippen molar-refractivity contribution >= 4 is 12.1 Å². The second-order valence-corrected chi connectivity index (χ2v) is 5.79. The first-order chi connectivity index (χ1) is 10.8. The maximum atomic E-state index is 13.2. The van der Waals surface area contributed by atoms with Crippen LogP contribution in [0.15, 0.2) is 54.6 Å². The number of rotatable bonds is 4. The second kappa shape index (κ2) is 6.14. The third-order valence-corrected chi connectivity index (χ3v) is 4.58. The highest BCUT2D eigenvalue weighted by Crippen LogP contribution is 2.44. The van der Waals surface area contributed by atoms with E-state index in [1.165, 1.54) is 6.29 Å². The third kappa shape index (κ3) is 2.43. The molecule has 0 unspecified atom stereocenters. The van der Waals surface area contributed by atoms with Gasteiger partial charge in [0.2, 0.25) is 0 Å². The Balaban J connectivity index is 2.12. The van der Waals surface area contributed by atoms with E-state index < -0.39 is 5.41 Å². The van der Waals surface area contributed by atoms with Crippen LogP contribution in [0.4, 0.5) is 0 Å². The van der Waals surface area contributed by atoms with Crippen LogP contribution in [0.25, 0.3) is 0 Å². The van der Waals surface area contributed by atoms with Crippen LogP contribution in [0.2, 0.25) is 0 Å². The Bertz CT molecular complexity index is 683. The molecule has 3 nitrogen and oxygen atoms in total. The predicted molar refractivity (Wildman–Crippen MR) is 82.7 cm³/mol. The fourth-order valence-corrected chi connectivity index (χ4v) is 3.55. The Morgan fingerprint density at radius 1 is 1.00 bits per heavy atom. The fraction of sp³-hybridized carbons (Fsp3) is 0.263. The molecule has 0 saturated heterocycles. The SMILES string of the molecule is O=C(c1ccccc1)C1(c2ccccc2C=[O+][O-])CCCC1. The number of carbonyl (C=O) groups is 1. The Kier molecular flexibility index (Phi) is 4.05. The van der Waals surface area contributed by atoms with Crippen LogP contribution in [-0.4, -0.2) is 12.1 Å². The minimum absolute atomic E-state index is 0.136. The van der Waals surface area contributed by atoms with Gasteiger partial charge in [-0.15, -0.1) is 0 Å². The van der Waals surface area contributed by atoms with Gasteiger partial charge in [0, 0.05) is 5.56 Å². The summed E-state index contributed by atoms with van der Waals surface area (Å²) in [5, 5.41) is 10.6. The zero-order chi connectivity index (χ0) is 15.4.